The third kappa shape index (κ3) is 5.10. The summed E-state index contributed by atoms with van der Waals surface area (Å²) >= 11 is 0. The Bertz CT molecular complexity index is 1050. The predicted octanol–water partition coefficient (Wildman–Crippen LogP) is 7.53. The van der Waals surface area contributed by atoms with E-state index in [-0.39, 0.29) is 0 Å². The Morgan fingerprint density at radius 1 is 0.610 bits per heavy atom. The molecule has 0 aromatic rings. The van der Waals surface area contributed by atoms with E-state index in [2.05, 4.69) is 11.3 Å². The molecule has 1 unspecified atom stereocenters. The second kappa shape index (κ2) is 10.2. The van der Waals surface area contributed by atoms with Gasteiger partial charge in [-0.05, 0) is 0 Å². The molecule has 0 aliphatic heterocycles. The average molecular weight is 657 g/mol. The quantitative estimate of drug-likeness (QED) is 0.0945. The van der Waals surface area contributed by atoms with E-state index < -0.39 is 90.5 Å². The van der Waals surface area contributed by atoms with E-state index in [0.717, 1.165) is 6.07 Å². The Kier molecular flexibility index (Phi) is 9.51. The van der Waals surface area contributed by atoms with E-state index in [1.54, 1.807) is 0 Å². The van der Waals surface area contributed by atoms with Crippen LogP contribution < -0.4 is 0 Å². The van der Waals surface area contributed by atoms with Crippen molar-refractivity contribution in [3.05, 3.63) is 12.2 Å². The molecule has 0 heterocycles. The molecule has 0 N–H and O–H groups in total. The van der Waals surface area contributed by atoms with Gasteiger partial charge in [0.25, 0.3) is 0 Å². The number of nitriles is 1. The topological polar surface area (TPSA) is 50.1 Å². The maximum atomic E-state index is 14.0. The predicted molar refractivity (Wildman–Crippen MR) is 85.5 cm³/mol. The Hall–Kier alpha value is -2.77. The van der Waals surface area contributed by atoms with E-state index in [1.165, 1.54) is 0 Å². The Morgan fingerprint density at radius 2 is 0.878 bits per heavy atom. The van der Waals surface area contributed by atoms with Gasteiger partial charge in [0.15, 0.2) is 0 Å². The zero-order valence-corrected chi connectivity index (χ0v) is 18.7. The van der Waals surface area contributed by atoms with Gasteiger partial charge < -0.3 is 4.74 Å². The lowest BCUT2D eigenvalue weighted by molar-refractivity contribution is -0.475. The van der Waals surface area contributed by atoms with Gasteiger partial charge in [0.05, 0.1) is 5.92 Å². The highest BCUT2D eigenvalue weighted by Crippen LogP contribution is 2.66. The van der Waals surface area contributed by atoms with Gasteiger partial charge in [0.2, 0.25) is 0 Å². The third-order valence-electron chi connectivity index (χ3n) is 5.00. The van der Waals surface area contributed by atoms with E-state index in [9.17, 15) is 97.0 Å². The van der Waals surface area contributed by atoms with E-state index in [4.69, 9.17) is 5.26 Å². The summed E-state index contributed by atoms with van der Waals surface area (Å²) in [5.41, 5.74) is -1.29. The number of alkyl halides is 21. The van der Waals surface area contributed by atoms with Crippen LogP contribution in [0.25, 0.3) is 0 Å². The van der Waals surface area contributed by atoms with Crippen molar-refractivity contribution in [2.45, 2.75) is 66.4 Å². The molecule has 0 aliphatic carbocycles. The van der Waals surface area contributed by atoms with E-state index in [1.807, 2.05) is 0 Å². The van der Waals surface area contributed by atoms with Gasteiger partial charge in [0, 0.05) is 0 Å². The van der Waals surface area contributed by atoms with Crippen LogP contribution in [0.2, 0.25) is 0 Å². The number of rotatable bonds is 12. The van der Waals surface area contributed by atoms with Crippen LogP contribution in [0.4, 0.5) is 92.2 Å². The maximum Gasteiger partial charge on any atom is 0.460 e. The molecule has 0 saturated carbocycles. The number of esters is 1. The van der Waals surface area contributed by atoms with Crippen LogP contribution in [0.15, 0.2) is 12.2 Å². The van der Waals surface area contributed by atoms with Crippen molar-refractivity contribution in [1.29, 1.82) is 5.26 Å². The molecule has 3 nitrogen and oxygen atoms in total. The highest BCUT2D eigenvalue weighted by Gasteiger charge is 2.98. The minimum absolute atomic E-state index is 0.398. The summed E-state index contributed by atoms with van der Waals surface area (Å²) in [6, 6.07) is 0.870. The molecular weight excluding hydrogens is 649 g/mol. The summed E-state index contributed by atoms with van der Waals surface area (Å²) in [6.07, 6.45) is -8.05. The summed E-state index contributed by atoms with van der Waals surface area (Å²) in [4.78, 5) is 11.1. The molecule has 0 bridgehead atoms. The van der Waals surface area contributed by atoms with Crippen molar-refractivity contribution in [2.75, 3.05) is 6.61 Å². The number of nitrogens with zero attached hydrogens (tertiary/aromatic N) is 1. The molecule has 0 rings (SSSR count). The normalized spacial score (nSPS) is 16.2. The molecule has 0 amide bonds. The molecule has 0 fully saturated rings. The van der Waals surface area contributed by atoms with Crippen molar-refractivity contribution in [1.82, 2.24) is 0 Å². The Labute approximate surface area is 211 Å². The fraction of sp³-hybridized carbons (Fsp3) is 0.765. The molecule has 240 valence electrons. The average Bonchev–Trinajstić information content (AvgIpc) is 2.79. The molecule has 0 aliphatic rings. The second-order valence-electron chi connectivity index (χ2n) is 7.81. The fourth-order valence-corrected chi connectivity index (χ4v) is 2.32. The minimum atomic E-state index is -9.25. The summed E-state index contributed by atoms with van der Waals surface area (Å²) < 4.78 is 284. The Balaban J connectivity index is 6.90. The van der Waals surface area contributed by atoms with Gasteiger partial charge in [-0.2, -0.15) is 97.5 Å². The highest BCUT2D eigenvalue weighted by atomic mass is 19.4. The van der Waals surface area contributed by atoms with Crippen molar-refractivity contribution in [3.8, 4) is 6.07 Å². The molecule has 41 heavy (non-hydrogen) atoms. The summed E-state index contributed by atoms with van der Waals surface area (Å²) in [6.45, 7) is -0.116. The minimum Gasteiger partial charge on any atom is -0.461 e. The molecule has 24 heteroatoms. The van der Waals surface area contributed by atoms with Gasteiger partial charge in [-0.15, -0.1) is 0 Å². The van der Waals surface area contributed by atoms with Crippen molar-refractivity contribution in [3.63, 3.8) is 0 Å². The number of ether oxygens (including phenoxy) is 1. The lowest BCUT2D eigenvalue weighted by Gasteiger charge is -2.45. The number of halogens is 21. The van der Waals surface area contributed by atoms with Crippen molar-refractivity contribution >= 4 is 5.97 Å². The number of hydrogen-bond acceptors (Lipinski definition) is 3. The largest absolute Gasteiger partial charge is 0.461 e. The summed E-state index contributed by atoms with van der Waals surface area (Å²) in [5.74, 6) is -83.8. The van der Waals surface area contributed by atoms with Crippen LogP contribution in [0.3, 0.4) is 0 Å². The standard InChI is InChI=1S/C17H8F21NO2/c1-5(3-39)7(40)41-4-6(2)8(18,19)9(20,21)10(22,23)11(24,25)12(26,27)13(28,29)14(30,31)15(32,33)16(34,35)17(36,37)38/h6H,1,4H2,2H3. The number of hydrogen-bond donors (Lipinski definition) is 0. The van der Waals surface area contributed by atoms with Crippen LogP contribution in [-0.4, -0.2) is 72.1 Å². The van der Waals surface area contributed by atoms with Gasteiger partial charge in [-0.1, -0.05) is 13.5 Å². The van der Waals surface area contributed by atoms with Crippen molar-refractivity contribution in [2.24, 2.45) is 5.92 Å². The van der Waals surface area contributed by atoms with Crippen LogP contribution in [0.1, 0.15) is 6.92 Å². The zero-order chi connectivity index (χ0) is 33.9. The molecular formula is C17H8F21NO2. The first-order valence-electron chi connectivity index (χ1n) is 9.27. The smallest absolute Gasteiger partial charge is 0.460 e. The van der Waals surface area contributed by atoms with Gasteiger partial charge in [-0.25, -0.2) is 4.79 Å². The van der Waals surface area contributed by atoms with Crippen LogP contribution >= 0.6 is 0 Å². The number of carbonyl (C=O) groups excluding carboxylic acids is 1. The van der Waals surface area contributed by atoms with Gasteiger partial charge in [0.1, 0.15) is 18.2 Å². The van der Waals surface area contributed by atoms with Crippen molar-refractivity contribution < 1.29 is 102 Å². The summed E-state index contributed by atoms with van der Waals surface area (Å²) in [7, 11) is 0. The first kappa shape index (κ1) is 38.2. The zero-order valence-electron chi connectivity index (χ0n) is 18.7. The monoisotopic (exact) mass is 657 g/mol. The number of carbonyl (C=O) groups is 1. The maximum absolute atomic E-state index is 14.0. The molecule has 0 saturated heterocycles. The van der Waals surface area contributed by atoms with E-state index >= 15 is 0 Å². The molecule has 0 radical (unpaired) electrons. The first-order valence-corrected chi connectivity index (χ1v) is 9.27. The summed E-state index contributed by atoms with van der Waals surface area (Å²) in [5, 5.41) is 8.26. The SMILES string of the molecule is C=C(C#N)C(=O)OCC(C)C(F)(F)C(F)(F)C(F)(F)C(F)(F)C(F)(F)C(F)(F)C(F)(F)C(F)(F)C(F)(F)C(F)(F)F. The van der Waals surface area contributed by atoms with Crippen LogP contribution in [0, 0.1) is 17.2 Å². The highest BCUT2D eigenvalue weighted by molar-refractivity contribution is 5.91. The lowest BCUT2D eigenvalue weighted by Crippen LogP contribution is -2.77. The lowest BCUT2D eigenvalue weighted by atomic mass is 9.84. The molecule has 0 aromatic heterocycles. The van der Waals surface area contributed by atoms with Gasteiger partial charge in [-0.3, -0.25) is 0 Å². The molecule has 1 atom stereocenters. The fourth-order valence-electron chi connectivity index (χ4n) is 2.32. The third-order valence-corrected chi connectivity index (χ3v) is 5.00. The Morgan fingerprint density at radius 3 is 1.15 bits per heavy atom. The molecule has 0 spiro atoms. The van der Waals surface area contributed by atoms with E-state index in [0.29, 0.717) is 0 Å². The van der Waals surface area contributed by atoms with Gasteiger partial charge >= 0.3 is 65.4 Å². The second-order valence-corrected chi connectivity index (χ2v) is 7.81. The molecule has 0 aromatic carbocycles. The first-order chi connectivity index (χ1) is 17.5. The van der Waals surface area contributed by atoms with Crippen LogP contribution in [-0.2, 0) is 9.53 Å². The van der Waals surface area contributed by atoms with Crippen LogP contribution in [0.5, 0.6) is 0 Å².